The SMILES string of the molecule is C=C(C)CN(CC)C(=O)NCC(CC)C(=O)O. The maximum atomic E-state index is 11.7. The lowest BCUT2D eigenvalue weighted by molar-refractivity contribution is -0.141. The molecule has 5 nitrogen and oxygen atoms in total. The van der Waals surface area contributed by atoms with Gasteiger partial charge in [0.25, 0.3) is 0 Å². The van der Waals surface area contributed by atoms with Gasteiger partial charge in [0.15, 0.2) is 0 Å². The summed E-state index contributed by atoms with van der Waals surface area (Å²) < 4.78 is 0. The first-order valence-electron chi connectivity index (χ1n) is 5.82. The summed E-state index contributed by atoms with van der Waals surface area (Å²) in [6.45, 7) is 10.5. The molecule has 0 aliphatic heterocycles. The van der Waals surface area contributed by atoms with Crippen molar-refractivity contribution in [1.82, 2.24) is 10.2 Å². The van der Waals surface area contributed by atoms with Gasteiger partial charge in [-0.2, -0.15) is 0 Å². The summed E-state index contributed by atoms with van der Waals surface area (Å²) >= 11 is 0. The van der Waals surface area contributed by atoms with E-state index in [0.717, 1.165) is 5.57 Å². The summed E-state index contributed by atoms with van der Waals surface area (Å²) in [5.74, 6) is -1.40. The number of amides is 2. The van der Waals surface area contributed by atoms with Crippen LogP contribution in [0.15, 0.2) is 12.2 Å². The van der Waals surface area contributed by atoms with E-state index >= 15 is 0 Å². The number of nitrogens with one attached hydrogen (secondary N) is 1. The van der Waals surface area contributed by atoms with Crippen LogP contribution in [0.2, 0.25) is 0 Å². The zero-order chi connectivity index (χ0) is 13.4. The van der Waals surface area contributed by atoms with E-state index in [1.807, 2.05) is 13.8 Å². The molecule has 2 N–H and O–H groups in total. The summed E-state index contributed by atoms with van der Waals surface area (Å²) in [5.41, 5.74) is 0.896. The second kappa shape index (κ2) is 7.70. The lowest BCUT2D eigenvalue weighted by atomic mass is 10.1. The zero-order valence-electron chi connectivity index (χ0n) is 10.8. The number of rotatable bonds is 7. The zero-order valence-corrected chi connectivity index (χ0v) is 10.8. The standard InChI is InChI=1S/C12H22N2O3/c1-5-10(11(15)16)7-13-12(17)14(6-2)8-9(3)4/h10H,3,5-8H2,1-2,4H3,(H,13,17)(H,15,16). The molecule has 5 heteroatoms. The molecule has 2 amide bonds. The predicted octanol–water partition coefficient (Wildman–Crippen LogP) is 1.70. The van der Waals surface area contributed by atoms with Gasteiger partial charge in [0.05, 0.1) is 5.92 Å². The number of hydrogen-bond donors (Lipinski definition) is 2. The topological polar surface area (TPSA) is 69.6 Å². The van der Waals surface area contributed by atoms with E-state index in [1.54, 1.807) is 11.8 Å². The third-order valence-electron chi connectivity index (χ3n) is 2.47. The summed E-state index contributed by atoms with van der Waals surface area (Å²) in [7, 11) is 0. The molecule has 1 unspecified atom stereocenters. The average molecular weight is 242 g/mol. The normalized spacial score (nSPS) is 11.7. The predicted molar refractivity (Wildman–Crippen MR) is 66.9 cm³/mol. The van der Waals surface area contributed by atoms with Crippen LogP contribution >= 0.6 is 0 Å². The Bertz CT molecular complexity index is 289. The highest BCUT2D eigenvalue weighted by molar-refractivity contribution is 5.76. The first-order valence-corrected chi connectivity index (χ1v) is 5.82. The summed E-state index contributed by atoms with van der Waals surface area (Å²) in [6.07, 6.45) is 0.502. The summed E-state index contributed by atoms with van der Waals surface area (Å²) in [6, 6.07) is -0.241. The fourth-order valence-corrected chi connectivity index (χ4v) is 1.38. The molecule has 1 atom stereocenters. The highest BCUT2D eigenvalue weighted by Gasteiger charge is 2.17. The molecule has 0 bridgehead atoms. The number of carbonyl (C=O) groups excluding carboxylic acids is 1. The van der Waals surface area contributed by atoms with Gasteiger partial charge in [-0.05, 0) is 20.3 Å². The van der Waals surface area contributed by atoms with Gasteiger partial charge in [0.2, 0.25) is 0 Å². The monoisotopic (exact) mass is 242 g/mol. The van der Waals surface area contributed by atoms with Crippen LogP contribution in [0.3, 0.4) is 0 Å². The molecule has 0 aromatic carbocycles. The van der Waals surface area contributed by atoms with Gasteiger partial charge < -0.3 is 15.3 Å². The van der Waals surface area contributed by atoms with Gasteiger partial charge in [-0.3, -0.25) is 4.79 Å². The van der Waals surface area contributed by atoms with Crippen molar-refractivity contribution in [2.24, 2.45) is 5.92 Å². The van der Waals surface area contributed by atoms with Crippen molar-refractivity contribution >= 4 is 12.0 Å². The molecule has 0 rings (SSSR count). The molecule has 0 spiro atoms. The summed E-state index contributed by atoms with van der Waals surface area (Å²) in [4.78, 5) is 24.1. The minimum Gasteiger partial charge on any atom is -0.481 e. The van der Waals surface area contributed by atoms with E-state index in [1.165, 1.54) is 0 Å². The Morgan fingerprint density at radius 1 is 1.41 bits per heavy atom. The fourth-order valence-electron chi connectivity index (χ4n) is 1.38. The Hall–Kier alpha value is -1.52. The fraction of sp³-hybridized carbons (Fsp3) is 0.667. The largest absolute Gasteiger partial charge is 0.481 e. The molecule has 0 saturated carbocycles. The molecule has 0 heterocycles. The highest BCUT2D eigenvalue weighted by Crippen LogP contribution is 2.02. The molecule has 0 aromatic rings. The van der Waals surface area contributed by atoms with E-state index in [9.17, 15) is 9.59 Å². The van der Waals surface area contributed by atoms with Gasteiger partial charge in [-0.25, -0.2) is 4.79 Å². The molecule has 0 aliphatic carbocycles. The molecular weight excluding hydrogens is 220 g/mol. The average Bonchev–Trinajstić information content (AvgIpc) is 2.25. The Kier molecular flexibility index (Phi) is 7.02. The van der Waals surface area contributed by atoms with Crippen molar-refractivity contribution in [2.45, 2.75) is 27.2 Å². The molecule has 0 radical (unpaired) electrons. The van der Waals surface area contributed by atoms with Gasteiger partial charge in [0, 0.05) is 19.6 Å². The van der Waals surface area contributed by atoms with Crippen molar-refractivity contribution in [1.29, 1.82) is 0 Å². The molecule has 98 valence electrons. The Morgan fingerprint density at radius 3 is 2.35 bits per heavy atom. The third kappa shape index (κ3) is 5.94. The molecular formula is C12H22N2O3. The number of carboxylic acids is 1. The van der Waals surface area contributed by atoms with Crippen molar-refractivity contribution in [3.8, 4) is 0 Å². The first kappa shape index (κ1) is 15.5. The van der Waals surface area contributed by atoms with Crippen LogP contribution in [0.5, 0.6) is 0 Å². The number of aliphatic carboxylic acids is 1. The highest BCUT2D eigenvalue weighted by atomic mass is 16.4. The molecule has 17 heavy (non-hydrogen) atoms. The van der Waals surface area contributed by atoms with Crippen LogP contribution in [-0.4, -0.2) is 41.6 Å². The molecule has 0 fully saturated rings. The number of hydrogen-bond acceptors (Lipinski definition) is 2. The van der Waals surface area contributed by atoms with Gasteiger partial charge >= 0.3 is 12.0 Å². The summed E-state index contributed by atoms with van der Waals surface area (Å²) in [5, 5.41) is 11.5. The maximum Gasteiger partial charge on any atom is 0.317 e. The Labute approximate surface area is 102 Å². The van der Waals surface area contributed by atoms with Crippen molar-refractivity contribution in [3.05, 3.63) is 12.2 Å². The number of nitrogens with zero attached hydrogens (tertiary/aromatic N) is 1. The van der Waals surface area contributed by atoms with Crippen LogP contribution in [0.1, 0.15) is 27.2 Å². The number of carboxylic acid groups (broad SMARTS) is 1. The minimum absolute atomic E-state index is 0.164. The van der Waals surface area contributed by atoms with Crippen LogP contribution in [0.25, 0.3) is 0 Å². The lowest BCUT2D eigenvalue weighted by Gasteiger charge is -2.22. The van der Waals surface area contributed by atoms with Crippen LogP contribution in [-0.2, 0) is 4.79 Å². The smallest absolute Gasteiger partial charge is 0.317 e. The van der Waals surface area contributed by atoms with Crippen molar-refractivity contribution in [3.63, 3.8) is 0 Å². The number of urea groups is 1. The van der Waals surface area contributed by atoms with E-state index in [-0.39, 0.29) is 12.6 Å². The first-order chi connectivity index (χ1) is 7.92. The van der Waals surface area contributed by atoms with Crippen LogP contribution < -0.4 is 5.32 Å². The third-order valence-corrected chi connectivity index (χ3v) is 2.47. The molecule has 0 aliphatic rings. The molecule has 0 saturated heterocycles. The lowest BCUT2D eigenvalue weighted by Crippen LogP contribution is -2.43. The van der Waals surface area contributed by atoms with Gasteiger partial charge in [-0.1, -0.05) is 19.1 Å². The second-order valence-electron chi connectivity index (χ2n) is 4.10. The van der Waals surface area contributed by atoms with Gasteiger partial charge in [0.1, 0.15) is 0 Å². The van der Waals surface area contributed by atoms with Crippen molar-refractivity contribution < 1.29 is 14.7 Å². The minimum atomic E-state index is -0.879. The Balaban J connectivity index is 4.22. The number of carbonyl (C=O) groups is 2. The van der Waals surface area contributed by atoms with Crippen LogP contribution in [0, 0.1) is 5.92 Å². The Morgan fingerprint density at radius 2 is 2.00 bits per heavy atom. The van der Waals surface area contributed by atoms with Crippen LogP contribution in [0.4, 0.5) is 4.79 Å². The van der Waals surface area contributed by atoms with Gasteiger partial charge in [-0.15, -0.1) is 0 Å². The van der Waals surface area contributed by atoms with E-state index in [0.29, 0.717) is 19.5 Å². The molecule has 0 aromatic heterocycles. The second-order valence-corrected chi connectivity index (χ2v) is 4.10. The van der Waals surface area contributed by atoms with Crippen molar-refractivity contribution in [2.75, 3.05) is 19.6 Å². The number of likely N-dealkylation sites (N-methyl/N-ethyl adjacent to an activating group) is 1. The van der Waals surface area contributed by atoms with E-state index < -0.39 is 11.9 Å². The van der Waals surface area contributed by atoms with E-state index in [2.05, 4.69) is 11.9 Å². The maximum absolute atomic E-state index is 11.7. The quantitative estimate of drug-likeness (QED) is 0.668. The van der Waals surface area contributed by atoms with E-state index in [4.69, 9.17) is 5.11 Å².